The van der Waals surface area contributed by atoms with Crippen LogP contribution in [-0.4, -0.2) is 22.3 Å². The van der Waals surface area contributed by atoms with E-state index in [0.29, 0.717) is 6.61 Å². The average Bonchev–Trinajstić information content (AvgIpc) is 2.29. The number of nitrogens with zero attached hydrogens (tertiary/aromatic N) is 1. The summed E-state index contributed by atoms with van der Waals surface area (Å²) in [6.07, 6.45) is 2.29. The number of aromatic amines is 1. The molecule has 13 heavy (non-hydrogen) atoms. The molecule has 3 nitrogen and oxygen atoms in total. The van der Waals surface area contributed by atoms with E-state index in [0.717, 1.165) is 17.0 Å². The molecule has 1 rings (SSSR count). The van der Waals surface area contributed by atoms with Gasteiger partial charge in [0.1, 0.15) is 0 Å². The second kappa shape index (κ2) is 4.58. The number of hydrogen-bond donors (Lipinski definition) is 1. The quantitative estimate of drug-likeness (QED) is 0.756. The minimum absolute atomic E-state index is 0.286. The van der Waals surface area contributed by atoms with Gasteiger partial charge in [0, 0.05) is 18.4 Å². The minimum atomic E-state index is 0.286. The van der Waals surface area contributed by atoms with Crippen molar-refractivity contribution < 1.29 is 4.74 Å². The van der Waals surface area contributed by atoms with E-state index >= 15 is 0 Å². The van der Waals surface area contributed by atoms with Crippen molar-refractivity contribution in [3.63, 3.8) is 0 Å². The van der Waals surface area contributed by atoms with Crippen LogP contribution in [0.25, 0.3) is 0 Å². The molecule has 0 saturated carbocycles. The van der Waals surface area contributed by atoms with Gasteiger partial charge in [-0.3, -0.25) is 0 Å². The molecule has 0 spiro atoms. The first-order chi connectivity index (χ1) is 6.09. The zero-order chi connectivity index (χ0) is 9.84. The van der Waals surface area contributed by atoms with Gasteiger partial charge in [-0.2, -0.15) is 0 Å². The van der Waals surface area contributed by atoms with Crippen molar-refractivity contribution in [3.8, 4) is 0 Å². The summed E-state index contributed by atoms with van der Waals surface area (Å²) in [5.74, 6) is 0. The van der Waals surface area contributed by atoms with Crippen LogP contribution in [0.5, 0.6) is 0 Å². The molecule has 0 fully saturated rings. The third-order valence-corrected chi connectivity index (χ3v) is 2.03. The highest BCUT2D eigenvalue weighted by molar-refractivity contribution is 7.71. The molecule has 1 N–H and O–H groups in total. The minimum Gasteiger partial charge on any atom is -0.377 e. The molecule has 0 unspecified atom stereocenters. The Morgan fingerprint density at radius 2 is 2.31 bits per heavy atom. The number of H-pyrrole nitrogens is 1. The molecule has 0 bridgehead atoms. The molecule has 0 amide bonds. The molecule has 0 atom stereocenters. The van der Waals surface area contributed by atoms with Crippen LogP contribution in [-0.2, 0) is 11.3 Å². The molecule has 1 aromatic rings. The van der Waals surface area contributed by atoms with Gasteiger partial charge in [0.2, 0.25) is 0 Å². The normalized spacial score (nSPS) is 11.1. The second-order valence-electron chi connectivity index (χ2n) is 3.36. The van der Waals surface area contributed by atoms with Crippen molar-refractivity contribution in [1.82, 2.24) is 9.55 Å². The summed E-state index contributed by atoms with van der Waals surface area (Å²) in [6.45, 7) is 7.59. The van der Waals surface area contributed by atoms with Crippen LogP contribution in [0.1, 0.15) is 19.5 Å². The lowest BCUT2D eigenvalue weighted by Crippen LogP contribution is -2.09. The summed E-state index contributed by atoms with van der Waals surface area (Å²) in [5.41, 5.74) is 1.09. The first-order valence-electron chi connectivity index (χ1n) is 4.47. The Morgan fingerprint density at radius 1 is 1.62 bits per heavy atom. The predicted octanol–water partition coefficient (Wildman–Crippen LogP) is 2.28. The van der Waals surface area contributed by atoms with E-state index < -0.39 is 0 Å². The number of aryl methyl sites for hydroxylation is 1. The van der Waals surface area contributed by atoms with Crippen molar-refractivity contribution in [2.24, 2.45) is 0 Å². The third kappa shape index (κ3) is 3.32. The van der Waals surface area contributed by atoms with Crippen LogP contribution in [0.3, 0.4) is 0 Å². The van der Waals surface area contributed by atoms with E-state index in [4.69, 9.17) is 17.0 Å². The molecule has 1 aromatic heterocycles. The van der Waals surface area contributed by atoms with Gasteiger partial charge in [-0.1, -0.05) is 0 Å². The average molecular weight is 200 g/mol. The number of nitrogens with one attached hydrogen (secondary N) is 1. The van der Waals surface area contributed by atoms with E-state index in [2.05, 4.69) is 4.98 Å². The summed E-state index contributed by atoms with van der Waals surface area (Å²) in [4.78, 5) is 3.07. The van der Waals surface area contributed by atoms with Crippen LogP contribution in [0.15, 0.2) is 6.20 Å². The molecule has 0 aliphatic carbocycles. The Kier molecular flexibility index (Phi) is 3.69. The Hall–Kier alpha value is -0.610. The highest BCUT2D eigenvalue weighted by Gasteiger charge is 1.97. The van der Waals surface area contributed by atoms with E-state index in [1.807, 2.05) is 31.5 Å². The van der Waals surface area contributed by atoms with Crippen LogP contribution >= 0.6 is 12.2 Å². The fourth-order valence-electron chi connectivity index (χ4n) is 1.12. The van der Waals surface area contributed by atoms with E-state index in [-0.39, 0.29) is 6.10 Å². The first-order valence-corrected chi connectivity index (χ1v) is 4.88. The molecule has 0 aliphatic rings. The number of imidazole rings is 1. The van der Waals surface area contributed by atoms with E-state index in [9.17, 15) is 0 Å². The Bertz CT molecular complexity index is 314. The zero-order valence-electron chi connectivity index (χ0n) is 8.33. The van der Waals surface area contributed by atoms with Gasteiger partial charge in [-0.25, -0.2) is 0 Å². The molecule has 74 valence electrons. The maximum atomic E-state index is 5.43. The largest absolute Gasteiger partial charge is 0.377 e. The van der Waals surface area contributed by atoms with Crippen LogP contribution in [0, 0.1) is 11.7 Å². The fourth-order valence-corrected chi connectivity index (χ4v) is 1.42. The molecular formula is C9H16N2OS. The molecule has 0 aliphatic heterocycles. The van der Waals surface area contributed by atoms with Crippen molar-refractivity contribution in [1.29, 1.82) is 0 Å². The Morgan fingerprint density at radius 3 is 2.77 bits per heavy atom. The SMILES string of the molecule is Cc1cn(CCOC(C)C)c(=S)[nH]1. The summed E-state index contributed by atoms with van der Waals surface area (Å²) >= 11 is 5.10. The van der Waals surface area contributed by atoms with Crippen LogP contribution in [0.2, 0.25) is 0 Å². The van der Waals surface area contributed by atoms with Gasteiger partial charge < -0.3 is 14.3 Å². The third-order valence-electron chi connectivity index (χ3n) is 1.70. The van der Waals surface area contributed by atoms with Crippen molar-refractivity contribution in [3.05, 3.63) is 16.7 Å². The van der Waals surface area contributed by atoms with E-state index in [1.54, 1.807) is 0 Å². The zero-order valence-corrected chi connectivity index (χ0v) is 9.15. The van der Waals surface area contributed by atoms with Gasteiger partial charge in [0.05, 0.1) is 12.7 Å². The maximum absolute atomic E-state index is 5.43. The number of hydrogen-bond acceptors (Lipinski definition) is 2. The predicted molar refractivity (Wildman–Crippen MR) is 55.4 cm³/mol. The summed E-state index contributed by atoms with van der Waals surface area (Å²) in [6, 6.07) is 0. The monoisotopic (exact) mass is 200 g/mol. The molecule has 0 saturated heterocycles. The molecular weight excluding hydrogens is 184 g/mol. The molecule has 4 heteroatoms. The molecule has 0 aromatic carbocycles. The van der Waals surface area contributed by atoms with Gasteiger partial charge in [-0.05, 0) is 33.0 Å². The number of rotatable bonds is 4. The van der Waals surface area contributed by atoms with Crippen molar-refractivity contribution in [2.45, 2.75) is 33.4 Å². The van der Waals surface area contributed by atoms with Gasteiger partial charge >= 0.3 is 0 Å². The standard InChI is InChI=1S/C9H16N2OS/c1-7(2)12-5-4-11-6-8(3)10-9(11)13/h6-7H,4-5H2,1-3H3,(H,10,13). The summed E-state index contributed by atoms with van der Waals surface area (Å²) < 4.78 is 8.19. The number of aromatic nitrogens is 2. The highest BCUT2D eigenvalue weighted by atomic mass is 32.1. The Balaban J connectivity index is 2.45. The lowest BCUT2D eigenvalue weighted by molar-refractivity contribution is 0.0725. The smallest absolute Gasteiger partial charge is 0.177 e. The number of ether oxygens (including phenoxy) is 1. The summed E-state index contributed by atoms with van der Waals surface area (Å²) in [5, 5.41) is 0. The topological polar surface area (TPSA) is 29.9 Å². The van der Waals surface area contributed by atoms with Gasteiger partial charge in [0.15, 0.2) is 4.77 Å². The highest BCUT2D eigenvalue weighted by Crippen LogP contribution is 1.98. The van der Waals surface area contributed by atoms with Crippen molar-refractivity contribution in [2.75, 3.05) is 6.61 Å². The van der Waals surface area contributed by atoms with Crippen molar-refractivity contribution >= 4 is 12.2 Å². The van der Waals surface area contributed by atoms with E-state index in [1.165, 1.54) is 0 Å². The Labute approximate surface area is 83.7 Å². The van der Waals surface area contributed by atoms with Gasteiger partial charge in [-0.15, -0.1) is 0 Å². The maximum Gasteiger partial charge on any atom is 0.177 e. The summed E-state index contributed by atoms with van der Waals surface area (Å²) in [7, 11) is 0. The van der Waals surface area contributed by atoms with Crippen LogP contribution in [0.4, 0.5) is 0 Å². The lowest BCUT2D eigenvalue weighted by atomic mass is 10.5. The van der Waals surface area contributed by atoms with Gasteiger partial charge in [0.25, 0.3) is 0 Å². The fraction of sp³-hybridized carbons (Fsp3) is 0.667. The first kappa shape index (κ1) is 10.5. The lowest BCUT2D eigenvalue weighted by Gasteiger charge is -2.07. The molecule has 1 heterocycles. The van der Waals surface area contributed by atoms with Crippen LogP contribution < -0.4 is 0 Å². The molecule has 0 radical (unpaired) electrons. The second-order valence-corrected chi connectivity index (χ2v) is 3.74.